The molecular weight excluding hydrogens is 447 g/mol. The van der Waals surface area contributed by atoms with Crippen LogP contribution >= 0.6 is 35.3 Å². The molecule has 1 aliphatic heterocycles. The number of piperidine rings is 1. The van der Waals surface area contributed by atoms with Crippen molar-refractivity contribution in [2.24, 2.45) is 4.99 Å². The van der Waals surface area contributed by atoms with Crippen molar-refractivity contribution in [2.75, 3.05) is 46.4 Å². The van der Waals surface area contributed by atoms with Crippen LogP contribution in [0.3, 0.4) is 0 Å². The predicted molar refractivity (Wildman–Crippen MR) is 119 cm³/mol. The number of hydrogen-bond donors (Lipinski definition) is 2. The van der Waals surface area contributed by atoms with Gasteiger partial charge in [0.25, 0.3) is 0 Å². The fourth-order valence-electron chi connectivity index (χ4n) is 2.92. The van der Waals surface area contributed by atoms with Crippen molar-refractivity contribution in [3.63, 3.8) is 0 Å². The highest BCUT2D eigenvalue weighted by molar-refractivity contribution is 14.0. The van der Waals surface area contributed by atoms with E-state index >= 15 is 0 Å². The zero-order chi connectivity index (χ0) is 17.2. The summed E-state index contributed by atoms with van der Waals surface area (Å²) in [6.45, 7) is 10.2. The van der Waals surface area contributed by atoms with E-state index in [1.165, 1.54) is 4.88 Å². The first-order chi connectivity index (χ1) is 11.7. The minimum Gasteiger partial charge on any atom is -0.383 e. The third kappa shape index (κ3) is 8.23. The number of thiophene rings is 1. The molecular formula is C18H33IN4OS. The van der Waals surface area contributed by atoms with Crippen LogP contribution in [0.5, 0.6) is 0 Å². The fourth-order valence-corrected chi connectivity index (χ4v) is 3.70. The summed E-state index contributed by atoms with van der Waals surface area (Å²) in [5.41, 5.74) is 0. The molecule has 1 aliphatic rings. The van der Waals surface area contributed by atoms with Crippen molar-refractivity contribution in [2.45, 2.75) is 38.6 Å². The van der Waals surface area contributed by atoms with Gasteiger partial charge in [-0.1, -0.05) is 13.0 Å². The molecule has 0 saturated carbocycles. The molecule has 2 N–H and O–H groups in total. The monoisotopic (exact) mass is 480 g/mol. The summed E-state index contributed by atoms with van der Waals surface area (Å²) in [5, 5.41) is 9.14. The summed E-state index contributed by atoms with van der Waals surface area (Å²) >= 11 is 1.81. The lowest BCUT2D eigenvalue weighted by Gasteiger charge is -2.32. The van der Waals surface area contributed by atoms with E-state index in [9.17, 15) is 0 Å². The van der Waals surface area contributed by atoms with Crippen LogP contribution in [0.1, 0.15) is 37.5 Å². The quantitative estimate of drug-likeness (QED) is 0.341. The Hall–Kier alpha value is -0.380. The van der Waals surface area contributed by atoms with E-state index in [0.29, 0.717) is 12.0 Å². The summed E-state index contributed by atoms with van der Waals surface area (Å²) in [4.78, 5) is 8.68. The molecule has 1 aromatic heterocycles. The van der Waals surface area contributed by atoms with Crippen LogP contribution in [0, 0.1) is 0 Å². The van der Waals surface area contributed by atoms with E-state index in [4.69, 9.17) is 9.73 Å². The smallest absolute Gasteiger partial charge is 0.191 e. The van der Waals surface area contributed by atoms with Crippen LogP contribution in [0.15, 0.2) is 22.5 Å². The number of nitrogens with one attached hydrogen (secondary N) is 2. The van der Waals surface area contributed by atoms with Gasteiger partial charge in [0.05, 0.1) is 13.2 Å². The Kier molecular flexibility index (Phi) is 11.7. The molecule has 1 atom stereocenters. The fraction of sp³-hybridized carbons (Fsp3) is 0.722. The highest BCUT2D eigenvalue weighted by atomic mass is 127. The Bertz CT molecular complexity index is 475. The van der Waals surface area contributed by atoms with Crippen LogP contribution in [0.25, 0.3) is 0 Å². The number of rotatable bonds is 8. The first-order valence-corrected chi connectivity index (χ1v) is 9.90. The van der Waals surface area contributed by atoms with Gasteiger partial charge in [-0.25, -0.2) is 0 Å². The lowest BCUT2D eigenvalue weighted by atomic mass is 10.1. The largest absolute Gasteiger partial charge is 0.383 e. The first-order valence-electron chi connectivity index (χ1n) is 9.02. The molecule has 25 heavy (non-hydrogen) atoms. The molecule has 144 valence electrons. The molecule has 2 heterocycles. The lowest BCUT2D eigenvalue weighted by Crippen LogP contribution is -2.49. The standard InChI is InChI=1S/C18H32N4OS.HI/c1-4-19-18(20-14-15(2)17-6-5-13-24-17)21-16-7-9-22(10-8-16)11-12-23-3;/h5-6,13,15-16H,4,7-12,14H2,1-3H3,(H2,19,20,21);1H. The number of nitrogens with zero attached hydrogens (tertiary/aromatic N) is 2. The van der Waals surface area contributed by atoms with Gasteiger partial charge in [-0.15, -0.1) is 35.3 Å². The minimum atomic E-state index is 0. The molecule has 0 aromatic carbocycles. The minimum absolute atomic E-state index is 0. The van der Waals surface area contributed by atoms with Gasteiger partial charge in [0.1, 0.15) is 0 Å². The van der Waals surface area contributed by atoms with Gasteiger partial charge in [-0.2, -0.15) is 0 Å². The molecule has 0 radical (unpaired) electrons. The summed E-state index contributed by atoms with van der Waals surface area (Å²) in [5.74, 6) is 1.42. The van der Waals surface area contributed by atoms with Gasteiger partial charge >= 0.3 is 0 Å². The average Bonchev–Trinajstić information content (AvgIpc) is 3.13. The summed E-state index contributed by atoms with van der Waals surface area (Å²) in [6, 6.07) is 4.82. The maximum Gasteiger partial charge on any atom is 0.191 e. The number of halogens is 1. The van der Waals surface area contributed by atoms with E-state index in [2.05, 4.69) is 46.9 Å². The number of likely N-dealkylation sites (tertiary alicyclic amines) is 1. The highest BCUT2D eigenvalue weighted by Gasteiger charge is 2.19. The SMILES string of the molecule is CCNC(=NCC(C)c1cccs1)NC1CCN(CCOC)CC1.I. The Morgan fingerprint density at radius 1 is 1.44 bits per heavy atom. The summed E-state index contributed by atoms with van der Waals surface area (Å²) in [7, 11) is 1.77. The highest BCUT2D eigenvalue weighted by Crippen LogP contribution is 2.20. The van der Waals surface area contributed by atoms with Crippen LogP contribution in [0.4, 0.5) is 0 Å². The molecule has 0 bridgehead atoms. The second kappa shape index (κ2) is 12.9. The molecule has 1 saturated heterocycles. The van der Waals surface area contributed by atoms with Gasteiger partial charge in [-0.3, -0.25) is 4.99 Å². The number of guanidine groups is 1. The Morgan fingerprint density at radius 3 is 2.80 bits per heavy atom. The number of ether oxygens (including phenoxy) is 1. The zero-order valence-corrected chi connectivity index (χ0v) is 18.8. The van der Waals surface area contributed by atoms with Gasteiger partial charge in [-0.05, 0) is 31.2 Å². The van der Waals surface area contributed by atoms with Crippen molar-refractivity contribution in [1.82, 2.24) is 15.5 Å². The molecule has 5 nitrogen and oxygen atoms in total. The molecule has 0 amide bonds. The lowest BCUT2D eigenvalue weighted by molar-refractivity contribution is 0.128. The predicted octanol–water partition coefficient (Wildman–Crippen LogP) is 3.14. The van der Waals surface area contributed by atoms with E-state index < -0.39 is 0 Å². The topological polar surface area (TPSA) is 48.9 Å². The summed E-state index contributed by atoms with van der Waals surface area (Å²) in [6.07, 6.45) is 2.32. The van der Waals surface area contributed by atoms with Crippen molar-refractivity contribution in [3.05, 3.63) is 22.4 Å². The van der Waals surface area contributed by atoms with E-state index in [1.807, 2.05) is 11.3 Å². The third-order valence-electron chi connectivity index (χ3n) is 4.44. The van der Waals surface area contributed by atoms with Crippen molar-refractivity contribution >= 4 is 41.3 Å². The van der Waals surface area contributed by atoms with Crippen LogP contribution in [0.2, 0.25) is 0 Å². The van der Waals surface area contributed by atoms with Crippen molar-refractivity contribution in [3.8, 4) is 0 Å². The maximum absolute atomic E-state index is 5.17. The third-order valence-corrected chi connectivity index (χ3v) is 5.54. The average molecular weight is 480 g/mol. The normalized spacial score (nSPS) is 17.8. The Labute approximate surface area is 173 Å². The number of aliphatic imine (C=N–C) groups is 1. The molecule has 7 heteroatoms. The van der Waals surface area contributed by atoms with E-state index in [1.54, 1.807) is 7.11 Å². The van der Waals surface area contributed by atoms with Gasteiger partial charge in [0.2, 0.25) is 0 Å². The van der Waals surface area contributed by atoms with Crippen molar-refractivity contribution < 1.29 is 4.74 Å². The number of hydrogen-bond acceptors (Lipinski definition) is 4. The summed E-state index contributed by atoms with van der Waals surface area (Å²) < 4.78 is 5.17. The molecule has 1 unspecified atom stereocenters. The van der Waals surface area contributed by atoms with Gasteiger partial charge < -0.3 is 20.3 Å². The molecule has 1 fully saturated rings. The number of methoxy groups -OCH3 is 1. The van der Waals surface area contributed by atoms with E-state index in [0.717, 1.165) is 58.1 Å². The first kappa shape index (κ1) is 22.7. The Balaban J connectivity index is 0.00000312. The van der Waals surface area contributed by atoms with Gasteiger partial charge in [0.15, 0.2) is 5.96 Å². The molecule has 2 rings (SSSR count). The molecule has 0 spiro atoms. The van der Waals surface area contributed by atoms with Crippen molar-refractivity contribution in [1.29, 1.82) is 0 Å². The molecule has 0 aliphatic carbocycles. The Morgan fingerprint density at radius 2 is 2.20 bits per heavy atom. The van der Waals surface area contributed by atoms with E-state index in [-0.39, 0.29) is 24.0 Å². The molecule has 1 aromatic rings. The zero-order valence-electron chi connectivity index (χ0n) is 15.7. The maximum atomic E-state index is 5.17. The second-order valence-electron chi connectivity index (χ2n) is 6.39. The van der Waals surface area contributed by atoms with Crippen LogP contribution in [-0.4, -0.2) is 63.3 Å². The van der Waals surface area contributed by atoms with Crippen LogP contribution < -0.4 is 10.6 Å². The van der Waals surface area contributed by atoms with Crippen LogP contribution in [-0.2, 0) is 4.74 Å². The van der Waals surface area contributed by atoms with Gasteiger partial charge in [0, 0.05) is 50.1 Å². The second-order valence-corrected chi connectivity index (χ2v) is 7.37.